The Kier molecular flexibility index (Phi) is 9.15. The number of ether oxygens (including phenoxy) is 1. The summed E-state index contributed by atoms with van der Waals surface area (Å²) in [5.74, 6) is 0.507. The number of hydrogen-bond donors (Lipinski definition) is 1. The number of aryl methyl sites for hydroxylation is 1. The van der Waals surface area contributed by atoms with E-state index in [-0.39, 0.29) is 12.2 Å². The molecule has 0 aliphatic rings. The molecule has 196 valence electrons. The highest BCUT2D eigenvalue weighted by Crippen LogP contribution is 2.23. The molecule has 2 aromatic carbocycles. The molecule has 4 aromatic rings. The van der Waals surface area contributed by atoms with Gasteiger partial charge in [-0.25, -0.2) is 0 Å². The maximum atomic E-state index is 13.3. The molecule has 0 saturated heterocycles. The number of fused-ring (bicyclic) bond motifs is 1. The topological polar surface area (TPSA) is 68.0 Å². The van der Waals surface area contributed by atoms with E-state index in [0.717, 1.165) is 29.8 Å². The van der Waals surface area contributed by atoms with Gasteiger partial charge in [0.1, 0.15) is 5.75 Å². The van der Waals surface area contributed by atoms with Crippen LogP contribution in [0.3, 0.4) is 0 Å². The van der Waals surface area contributed by atoms with Crippen molar-refractivity contribution in [2.45, 2.75) is 46.0 Å². The predicted molar refractivity (Wildman–Crippen MR) is 152 cm³/mol. The lowest BCUT2D eigenvalue weighted by Crippen LogP contribution is -2.01. The summed E-state index contributed by atoms with van der Waals surface area (Å²) < 4.78 is 7.84. The Bertz CT molecular complexity index is 1400. The molecule has 0 amide bonds. The highest BCUT2D eigenvalue weighted by atomic mass is 16.5. The zero-order valence-corrected chi connectivity index (χ0v) is 22.1. The predicted octanol–water partition coefficient (Wildman–Crippen LogP) is 7.26. The number of aromatic nitrogens is 1. The van der Waals surface area contributed by atoms with Crippen molar-refractivity contribution in [1.82, 2.24) is 4.40 Å². The molecule has 0 spiro atoms. The molecule has 0 fully saturated rings. The number of carboxylic acid groups (broad SMARTS) is 1. The molecule has 2 heterocycles. The maximum Gasteiger partial charge on any atom is 0.303 e. The Labute approximate surface area is 224 Å². The number of ketones is 1. The summed E-state index contributed by atoms with van der Waals surface area (Å²) in [5, 5.41) is 8.95. The van der Waals surface area contributed by atoms with Crippen molar-refractivity contribution in [3.63, 3.8) is 0 Å². The van der Waals surface area contributed by atoms with Crippen LogP contribution < -0.4 is 4.74 Å². The van der Waals surface area contributed by atoms with Crippen molar-refractivity contribution in [2.24, 2.45) is 5.92 Å². The molecule has 0 radical (unpaired) electrons. The molecule has 0 unspecified atom stereocenters. The van der Waals surface area contributed by atoms with Gasteiger partial charge < -0.3 is 14.2 Å². The first-order chi connectivity index (χ1) is 18.4. The Morgan fingerprint density at radius 2 is 1.76 bits per heavy atom. The number of carboxylic acids is 1. The largest absolute Gasteiger partial charge is 0.493 e. The molecular weight excluding hydrogens is 474 g/mol. The normalized spacial score (nSPS) is 11.4. The number of aliphatic carboxylic acids is 1. The molecule has 0 bridgehead atoms. The highest BCUT2D eigenvalue weighted by Gasteiger charge is 2.17. The van der Waals surface area contributed by atoms with E-state index >= 15 is 0 Å². The molecule has 38 heavy (non-hydrogen) atoms. The SMILES string of the molecule is CC(C)Cc1ccc(C=CCCOc2ccc(C(=O)c3cc(CCCC(=O)O)n4ccccc34)cc2)cc1. The maximum absolute atomic E-state index is 13.3. The first kappa shape index (κ1) is 26.9. The van der Waals surface area contributed by atoms with Gasteiger partial charge in [-0.2, -0.15) is 0 Å². The van der Waals surface area contributed by atoms with Gasteiger partial charge in [0.2, 0.25) is 0 Å². The molecule has 5 heteroatoms. The molecular formula is C33H35NO4. The van der Waals surface area contributed by atoms with E-state index in [0.29, 0.717) is 36.5 Å². The number of pyridine rings is 1. The molecule has 4 rings (SSSR count). The van der Waals surface area contributed by atoms with Gasteiger partial charge >= 0.3 is 5.97 Å². The zero-order valence-electron chi connectivity index (χ0n) is 22.1. The van der Waals surface area contributed by atoms with Crippen LogP contribution in [-0.2, 0) is 17.6 Å². The van der Waals surface area contributed by atoms with Crippen molar-refractivity contribution < 1.29 is 19.4 Å². The fourth-order valence-corrected chi connectivity index (χ4v) is 4.58. The number of benzene rings is 2. The molecule has 1 N–H and O–H groups in total. The Balaban J connectivity index is 1.32. The van der Waals surface area contributed by atoms with Gasteiger partial charge in [-0.05, 0) is 85.2 Å². The Morgan fingerprint density at radius 1 is 1.00 bits per heavy atom. The van der Waals surface area contributed by atoms with Crippen LogP contribution in [0.25, 0.3) is 11.6 Å². The average molecular weight is 510 g/mol. The first-order valence-electron chi connectivity index (χ1n) is 13.2. The third-order valence-electron chi connectivity index (χ3n) is 6.43. The van der Waals surface area contributed by atoms with Crippen molar-refractivity contribution in [3.05, 3.63) is 113 Å². The minimum Gasteiger partial charge on any atom is -0.493 e. The van der Waals surface area contributed by atoms with Crippen LogP contribution in [0.5, 0.6) is 5.75 Å². The van der Waals surface area contributed by atoms with E-state index in [1.807, 2.05) is 47.0 Å². The second kappa shape index (κ2) is 12.9. The van der Waals surface area contributed by atoms with Crippen molar-refractivity contribution >= 4 is 23.3 Å². The lowest BCUT2D eigenvalue weighted by atomic mass is 10.0. The molecule has 2 aromatic heterocycles. The number of nitrogens with zero attached hydrogens (tertiary/aromatic N) is 1. The quantitative estimate of drug-likeness (QED) is 0.152. The van der Waals surface area contributed by atoms with Crippen LogP contribution in [0.4, 0.5) is 0 Å². The van der Waals surface area contributed by atoms with E-state index in [1.54, 1.807) is 12.1 Å². The summed E-state index contributed by atoms with van der Waals surface area (Å²) >= 11 is 0. The van der Waals surface area contributed by atoms with E-state index in [4.69, 9.17) is 9.84 Å². The number of rotatable bonds is 13. The standard InChI is InChI=1S/C33H35NO4/c1-24(2)22-26-14-12-25(13-15-26)8-4-6-21-38-29-18-16-27(17-19-29)33(37)30-23-28(9-7-11-32(35)36)34-20-5-3-10-31(30)34/h3-5,8,10,12-20,23-24H,6-7,9,11,21-22H2,1-2H3,(H,35,36). The van der Waals surface area contributed by atoms with Crippen molar-refractivity contribution in [3.8, 4) is 5.75 Å². The molecule has 0 saturated carbocycles. The monoisotopic (exact) mass is 509 g/mol. The summed E-state index contributed by atoms with van der Waals surface area (Å²) in [6.45, 7) is 5.01. The van der Waals surface area contributed by atoms with Gasteiger partial charge in [-0.3, -0.25) is 9.59 Å². The van der Waals surface area contributed by atoms with Crippen LogP contribution in [0.2, 0.25) is 0 Å². The summed E-state index contributed by atoms with van der Waals surface area (Å²) in [6.07, 6.45) is 9.24. The smallest absolute Gasteiger partial charge is 0.303 e. The van der Waals surface area contributed by atoms with Gasteiger partial charge in [-0.1, -0.05) is 56.3 Å². The van der Waals surface area contributed by atoms with Gasteiger partial charge in [0.25, 0.3) is 0 Å². The summed E-state index contributed by atoms with van der Waals surface area (Å²) in [5.41, 5.74) is 5.51. The van der Waals surface area contributed by atoms with Crippen LogP contribution in [0.15, 0.2) is 85.1 Å². The fourth-order valence-electron chi connectivity index (χ4n) is 4.58. The van der Waals surface area contributed by atoms with E-state index in [9.17, 15) is 9.59 Å². The average Bonchev–Trinajstić information content (AvgIpc) is 3.27. The summed E-state index contributed by atoms with van der Waals surface area (Å²) in [7, 11) is 0. The Hall–Kier alpha value is -4.12. The van der Waals surface area contributed by atoms with Gasteiger partial charge in [0.15, 0.2) is 5.78 Å². The van der Waals surface area contributed by atoms with Crippen molar-refractivity contribution in [1.29, 1.82) is 0 Å². The first-order valence-corrected chi connectivity index (χ1v) is 13.2. The van der Waals surface area contributed by atoms with E-state index in [1.165, 1.54) is 11.1 Å². The third-order valence-corrected chi connectivity index (χ3v) is 6.43. The highest BCUT2D eigenvalue weighted by molar-refractivity contribution is 6.13. The van der Waals surface area contributed by atoms with E-state index < -0.39 is 5.97 Å². The van der Waals surface area contributed by atoms with Crippen LogP contribution >= 0.6 is 0 Å². The van der Waals surface area contributed by atoms with Crippen LogP contribution in [0.1, 0.15) is 65.9 Å². The minimum absolute atomic E-state index is 0.0629. The molecule has 0 aliphatic carbocycles. The third kappa shape index (κ3) is 7.22. The number of hydrogen-bond acceptors (Lipinski definition) is 3. The van der Waals surface area contributed by atoms with Crippen LogP contribution in [0, 0.1) is 5.92 Å². The second-order valence-corrected chi connectivity index (χ2v) is 9.99. The van der Waals surface area contributed by atoms with E-state index in [2.05, 4.69) is 50.3 Å². The fraction of sp³-hybridized carbons (Fsp3) is 0.273. The van der Waals surface area contributed by atoms with Crippen LogP contribution in [-0.4, -0.2) is 27.9 Å². The lowest BCUT2D eigenvalue weighted by molar-refractivity contribution is -0.137. The molecule has 5 nitrogen and oxygen atoms in total. The summed E-state index contributed by atoms with van der Waals surface area (Å²) in [4.78, 5) is 24.2. The summed E-state index contributed by atoms with van der Waals surface area (Å²) in [6, 6.07) is 23.5. The van der Waals surface area contributed by atoms with Gasteiger partial charge in [-0.15, -0.1) is 0 Å². The lowest BCUT2D eigenvalue weighted by Gasteiger charge is -2.06. The second-order valence-electron chi connectivity index (χ2n) is 9.99. The number of carbonyl (C=O) groups excluding carboxylic acids is 1. The minimum atomic E-state index is -0.813. The van der Waals surface area contributed by atoms with Gasteiger partial charge in [0.05, 0.1) is 12.1 Å². The molecule has 0 atom stereocenters. The molecule has 0 aliphatic heterocycles. The zero-order chi connectivity index (χ0) is 26.9. The number of carbonyl (C=O) groups is 2. The van der Waals surface area contributed by atoms with Gasteiger partial charge in [0, 0.05) is 29.4 Å². The van der Waals surface area contributed by atoms with Crippen molar-refractivity contribution in [2.75, 3.05) is 6.61 Å². The Morgan fingerprint density at radius 3 is 2.47 bits per heavy atom.